The summed E-state index contributed by atoms with van der Waals surface area (Å²) < 4.78 is 20.1. The highest BCUT2D eigenvalue weighted by atomic mass is 32.1. The van der Waals surface area contributed by atoms with Crippen molar-refractivity contribution < 1.29 is 8.91 Å². The minimum atomic E-state index is -0.311. The molecule has 0 aliphatic rings. The lowest BCUT2D eigenvalue weighted by Gasteiger charge is -2.05. The summed E-state index contributed by atoms with van der Waals surface area (Å²) >= 11 is 2.88. The molecule has 0 atom stereocenters. The molecule has 4 heterocycles. The maximum absolute atomic E-state index is 13.1. The summed E-state index contributed by atoms with van der Waals surface area (Å²) in [6.07, 6.45) is 1.51. The Labute approximate surface area is 171 Å². The number of benzene rings is 1. The first-order valence-electron chi connectivity index (χ1n) is 8.71. The van der Waals surface area contributed by atoms with Crippen molar-refractivity contribution in [1.29, 1.82) is 0 Å². The second-order valence-electron chi connectivity index (χ2n) is 6.44. The predicted octanol–water partition coefficient (Wildman–Crippen LogP) is 4.73. The highest BCUT2D eigenvalue weighted by Gasteiger charge is 2.20. The van der Waals surface area contributed by atoms with E-state index in [0.29, 0.717) is 28.5 Å². The molecule has 1 aromatic carbocycles. The lowest BCUT2D eigenvalue weighted by Crippen LogP contribution is -2.21. The van der Waals surface area contributed by atoms with Crippen molar-refractivity contribution in [3.63, 3.8) is 0 Å². The van der Waals surface area contributed by atoms with E-state index in [0.717, 1.165) is 20.9 Å². The number of fused-ring (bicyclic) bond motifs is 1. The van der Waals surface area contributed by atoms with Gasteiger partial charge in [0.05, 0.1) is 28.0 Å². The largest absolute Gasteiger partial charge is 0.333 e. The first-order chi connectivity index (χ1) is 14.1. The molecular weight excluding hydrogens is 411 g/mol. The topological polar surface area (TPSA) is 73.8 Å². The van der Waals surface area contributed by atoms with E-state index >= 15 is 0 Å². The van der Waals surface area contributed by atoms with E-state index in [9.17, 15) is 9.18 Å². The zero-order valence-corrected chi connectivity index (χ0v) is 16.8. The number of halogens is 1. The molecule has 0 N–H and O–H groups in total. The van der Waals surface area contributed by atoms with E-state index < -0.39 is 0 Å². The average Bonchev–Trinajstić information content (AvgIpc) is 3.45. The molecule has 9 heteroatoms. The van der Waals surface area contributed by atoms with Gasteiger partial charge in [-0.15, -0.1) is 22.7 Å². The van der Waals surface area contributed by atoms with Crippen LogP contribution in [0.5, 0.6) is 0 Å². The van der Waals surface area contributed by atoms with Crippen molar-refractivity contribution in [2.24, 2.45) is 0 Å². The van der Waals surface area contributed by atoms with E-state index in [1.165, 1.54) is 45.7 Å². The van der Waals surface area contributed by atoms with Crippen LogP contribution in [0.2, 0.25) is 0 Å². The minimum absolute atomic E-state index is 0.155. The Kier molecular flexibility index (Phi) is 4.33. The second-order valence-corrected chi connectivity index (χ2v) is 8.39. The maximum atomic E-state index is 13.1. The summed E-state index contributed by atoms with van der Waals surface area (Å²) in [7, 11) is 0. The first-order valence-corrected chi connectivity index (χ1v) is 10.4. The normalized spacial score (nSPS) is 11.4. The van der Waals surface area contributed by atoms with Gasteiger partial charge in [-0.1, -0.05) is 23.4 Å². The summed E-state index contributed by atoms with van der Waals surface area (Å²) in [5.41, 5.74) is 1.43. The van der Waals surface area contributed by atoms with E-state index in [4.69, 9.17) is 4.52 Å². The maximum Gasteiger partial charge on any atom is 0.268 e. The number of thiophene rings is 2. The summed E-state index contributed by atoms with van der Waals surface area (Å²) in [6.45, 7) is 2.17. The van der Waals surface area contributed by atoms with Crippen molar-refractivity contribution >= 4 is 32.9 Å². The standard InChI is InChI=1S/C20H13FN4O2S2/c1-11-15-19(22-10-25(20(15)26)9-12-4-6-13(21)7-5-12)29-16(11)18-23-17(24-27-18)14-3-2-8-28-14/h2-8,10H,9H2,1H3. The molecule has 0 saturated carbocycles. The molecule has 0 spiro atoms. The second kappa shape index (κ2) is 7.02. The van der Waals surface area contributed by atoms with Crippen LogP contribution < -0.4 is 5.56 Å². The zero-order valence-electron chi connectivity index (χ0n) is 15.1. The van der Waals surface area contributed by atoms with Crippen LogP contribution in [-0.4, -0.2) is 19.7 Å². The van der Waals surface area contributed by atoms with Gasteiger partial charge in [-0.2, -0.15) is 4.98 Å². The highest BCUT2D eigenvalue weighted by molar-refractivity contribution is 7.22. The molecule has 0 saturated heterocycles. The quantitative estimate of drug-likeness (QED) is 0.417. The third-order valence-corrected chi connectivity index (χ3v) is 6.60. The molecule has 0 radical (unpaired) electrons. The van der Waals surface area contributed by atoms with E-state index in [1.807, 2.05) is 24.4 Å². The van der Waals surface area contributed by atoms with Crippen molar-refractivity contribution in [2.75, 3.05) is 0 Å². The molecule has 0 unspecified atom stereocenters. The molecule has 144 valence electrons. The summed E-state index contributed by atoms with van der Waals surface area (Å²) in [6, 6.07) is 9.91. The van der Waals surface area contributed by atoms with Gasteiger partial charge in [0, 0.05) is 0 Å². The van der Waals surface area contributed by atoms with Crippen LogP contribution in [0.25, 0.3) is 31.7 Å². The minimum Gasteiger partial charge on any atom is -0.333 e. The van der Waals surface area contributed by atoms with Crippen molar-refractivity contribution in [3.05, 3.63) is 75.4 Å². The predicted molar refractivity (Wildman–Crippen MR) is 111 cm³/mol. The fraction of sp³-hybridized carbons (Fsp3) is 0.100. The van der Waals surface area contributed by atoms with Gasteiger partial charge >= 0.3 is 0 Å². The van der Waals surface area contributed by atoms with Crippen molar-refractivity contribution in [1.82, 2.24) is 19.7 Å². The molecule has 0 amide bonds. The van der Waals surface area contributed by atoms with Gasteiger partial charge in [0.15, 0.2) is 0 Å². The Balaban J connectivity index is 1.56. The number of rotatable bonds is 4. The Morgan fingerprint density at radius 3 is 2.79 bits per heavy atom. The third-order valence-electron chi connectivity index (χ3n) is 4.55. The molecule has 6 nitrogen and oxygen atoms in total. The third kappa shape index (κ3) is 3.18. The van der Waals surface area contributed by atoms with Crippen molar-refractivity contribution in [2.45, 2.75) is 13.5 Å². The zero-order chi connectivity index (χ0) is 20.0. The van der Waals surface area contributed by atoms with Crippen LogP contribution >= 0.6 is 22.7 Å². The molecule has 4 aromatic heterocycles. The molecule has 0 aliphatic carbocycles. The lowest BCUT2D eigenvalue weighted by molar-refractivity contribution is 0.433. The van der Waals surface area contributed by atoms with Gasteiger partial charge in [-0.05, 0) is 41.6 Å². The van der Waals surface area contributed by atoms with Crippen LogP contribution in [0.3, 0.4) is 0 Å². The van der Waals surface area contributed by atoms with Crippen LogP contribution in [0, 0.1) is 12.7 Å². The summed E-state index contributed by atoms with van der Waals surface area (Å²) in [5.74, 6) is 0.585. The number of hydrogen-bond acceptors (Lipinski definition) is 7. The van der Waals surface area contributed by atoms with E-state index in [-0.39, 0.29) is 11.4 Å². The van der Waals surface area contributed by atoms with Crippen molar-refractivity contribution in [3.8, 4) is 21.5 Å². The van der Waals surface area contributed by atoms with Gasteiger partial charge in [-0.25, -0.2) is 9.37 Å². The highest BCUT2D eigenvalue weighted by Crippen LogP contribution is 2.36. The number of aromatic nitrogens is 4. The Morgan fingerprint density at radius 2 is 2.03 bits per heavy atom. The molecule has 0 aliphatic heterocycles. The lowest BCUT2D eigenvalue weighted by atomic mass is 10.2. The van der Waals surface area contributed by atoms with E-state index in [2.05, 4.69) is 15.1 Å². The average molecular weight is 424 g/mol. The molecule has 29 heavy (non-hydrogen) atoms. The fourth-order valence-electron chi connectivity index (χ4n) is 3.08. The SMILES string of the molecule is Cc1c(-c2nc(-c3cccs3)no2)sc2ncn(Cc3ccc(F)cc3)c(=O)c12. The van der Waals surface area contributed by atoms with Crippen LogP contribution in [0.15, 0.2) is 57.4 Å². The van der Waals surface area contributed by atoms with Gasteiger partial charge < -0.3 is 4.52 Å². The summed E-state index contributed by atoms with van der Waals surface area (Å²) in [4.78, 5) is 24.2. The van der Waals surface area contributed by atoms with Gasteiger partial charge in [0.1, 0.15) is 10.6 Å². The van der Waals surface area contributed by atoms with Crippen LogP contribution in [0.4, 0.5) is 4.39 Å². The molecule has 0 bridgehead atoms. The van der Waals surface area contributed by atoms with Gasteiger partial charge in [-0.3, -0.25) is 9.36 Å². The number of aryl methyl sites for hydroxylation is 1. The molecular formula is C20H13FN4O2S2. The smallest absolute Gasteiger partial charge is 0.268 e. The fourth-order valence-corrected chi connectivity index (χ4v) is 4.79. The monoisotopic (exact) mass is 424 g/mol. The van der Waals surface area contributed by atoms with Gasteiger partial charge in [0.25, 0.3) is 11.4 Å². The number of nitrogens with zero attached hydrogens (tertiary/aromatic N) is 4. The van der Waals surface area contributed by atoms with Gasteiger partial charge in [0.2, 0.25) is 5.82 Å². The van der Waals surface area contributed by atoms with Crippen LogP contribution in [-0.2, 0) is 6.54 Å². The Hall–Kier alpha value is -3.17. The Morgan fingerprint density at radius 1 is 1.21 bits per heavy atom. The Bertz CT molecular complexity index is 1370. The van der Waals surface area contributed by atoms with Crippen LogP contribution in [0.1, 0.15) is 11.1 Å². The molecule has 5 aromatic rings. The molecule has 0 fully saturated rings. The number of hydrogen-bond donors (Lipinski definition) is 0. The summed E-state index contributed by atoms with van der Waals surface area (Å²) in [5, 5.41) is 6.53. The first kappa shape index (κ1) is 17.9. The molecule has 5 rings (SSSR count). The van der Waals surface area contributed by atoms with E-state index in [1.54, 1.807) is 12.1 Å².